The van der Waals surface area contributed by atoms with Crippen LogP contribution in [0.15, 0.2) is 55.4 Å². The number of rotatable bonds is 2. The summed E-state index contributed by atoms with van der Waals surface area (Å²) in [5.41, 5.74) is 1.80. The summed E-state index contributed by atoms with van der Waals surface area (Å²) in [6.07, 6.45) is 8.26. The van der Waals surface area contributed by atoms with Gasteiger partial charge in [-0.3, -0.25) is 0 Å². The number of hydrogen-bond acceptors (Lipinski definition) is 2. The largest absolute Gasteiger partial charge is 0.321 e. The molecule has 0 saturated carbocycles. The van der Waals surface area contributed by atoms with Gasteiger partial charge in [0, 0.05) is 29.6 Å². The molecule has 0 aliphatic carbocycles. The molecule has 3 rings (SSSR count). The van der Waals surface area contributed by atoms with E-state index in [1.54, 1.807) is 35.4 Å². The van der Waals surface area contributed by atoms with Crippen LogP contribution in [0.4, 0.5) is 8.78 Å². The minimum Gasteiger partial charge on any atom is -0.321 e. The van der Waals surface area contributed by atoms with Crippen LogP contribution in [0.25, 0.3) is 16.8 Å². The van der Waals surface area contributed by atoms with Crippen LogP contribution in [-0.4, -0.2) is 14.5 Å². The second-order valence-corrected chi connectivity index (χ2v) is 4.03. The summed E-state index contributed by atoms with van der Waals surface area (Å²) < 4.78 is 28.3. The van der Waals surface area contributed by atoms with Gasteiger partial charge in [-0.2, -0.15) is 0 Å². The van der Waals surface area contributed by atoms with Crippen molar-refractivity contribution in [1.82, 2.24) is 14.5 Å². The summed E-state index contributed by atoms with van der Waals surface area (Å²) in [5.74, 6) is -1.17. The molecule has 0 amide bonds. The fourth-order valence-corrected chi connectivity index (χ4v) is 1.86. The van der Waals surface area contributed by atoms with Crippen molar-refractivity contribution in [3.63, 3.8) is 0 Å². The monoisotopic (exact) mass is 257 g/mol. The number of hydrogen-bond donors (Lipinski definition) is 0. The molecule has 0 spiro atoms. The van der Waals surface area contributed by atoms with E-state index < -0.39 is 11.6 Å². The van der Waals surface area contributed by atoms with Crippen molar-refractivity contribution in [3.05, 3.63) is 67.0 Å². The fraction of sp³-hybridized carbons (Fsp3) is 0. The van der Waals surface area contributed by atoms with Gasteiger partial charge in [-0.25, -0.2) is 18.7 Å². The Morgan fingerprint density at radius 3 is 2.53 bits per heavy atom. The Morgan fingerprint density at radius 2 is 1.79 bits per heavy atom. The van der Waals surface area contributed by atoms with Crippen molar-refractivity contribution in [2.75, 3.05) is 0 Å². The summed E-state index contributed by atoms with van der Waals surface area (Å²) >= 11 is 0. The van der Waals surface area contributed by atoms with Crippen LogP contribution in [0.2, 0.25) is 0 Å². The lowest BCUT2D eigenvalue weighted by molar-refractivity contribution is 0.585. The van der Waals surface area contributed by atoms with Crippen LogP contribution in [-0.2, 0) is 0 Å². The zero-order valence-electron chi connectivity index (χ0n) is 9.79. The maximum Gasteiger partial charge on any atom is 0.133 e. The molecule has 3 aromatic rings. The number of nitrogens with zero attached hydrogens (tertiary/aromatic N) is 3. The Bertz CT molecular complexity index is 708. The average Bonchev–Trinajstić information content (AvgIpc) is 2.89. The van der Waals surface area contributed by atoms with E-state index in [0.29, 0.717) is 11.1 Å². The van der Waals surface area contributed by atoms with Gasteiger partial charge in [-0.05, 0) is 18.2 Å². The lowest BCUT2D eigenvalue weighted by Gasteiger charge is -2.01. The molecule has 0 N–H and O–H groups in total. The fourth-order valence-electron chi connectivity index (χ4n) is 1.86. The summed E-state index contributed by atoms with van der Waals surface area (Å²) in [5, 5.41) is 0. The first-order valence-electron chi connectivity index (χ1n) is 5.63. The normalized spacial score (nSPS) is 10.6. The topological polar surface area (TPSA) is 30.7 Å². The van der Waals surface area contributed by atoms with Gasteiger partial charge in [0.15, 0.2) is 0 Å². The molecule has 1 aromatic carbocycles. The first-order chi connectivity index (χ1) is 9.24. The van der Waals surface area contributed by atoms with E-state index in [1.807, 2.05) is 0 Å². The molecule has 0 unspecified atom stereocenters. The maximum absolute atomic E-state index is 13.7. The first-order valence-corrected chi connectivity index (χ1v) is 5.63. The van der Waals surface area contributed by atoms with Crippen LogP contribution >= 0.6 is 0 Å². The van der Waals surface area contributed by atoms with Crippen LogP contribution in [0.5, 0.6) is 0 Å². The zero-order chi connectivity index (χ0) is 13.2. The van der Waals surface area contributed by atoms with Gasteiger partial charge < -0.3 is 4.57 Å². The van der Waals surface area contributed by atoms with Crippen molar-refractivity contribution < 1.29 is 8.78 Å². The molecule has 5 heteroatoms. The number of halogens is 2. The summed E-state index contributed by atoms with van der Waals surface area (Å²) in [4.78, 5) is 7.83. The Hall–Kier alpha value is -2.56. The Morgan fingerprint density at radius 1 is 1.00 bits per heavy atom. The van der Waals surface area contributed by atoms with E-state index in [-0.39, 0.29) is 0 Å². The molecule has 2 aromatic heterocycles. The van der Waals surface area contributed by atoms with Gasteiger partial charge in [0.25, 0.3) is 0 Å². The molecule has 0 atom stereocenters. The smallest absolute Gasteiger partial charge is 0.133 e. The number of benzene rings is 1. The lowest BCUT2D eigenvalue weighted by atomic mass is 10.1. The minimum absolute atomic E-state index is 0.358. The van der Waals surface area contributed by atoms with E-state index in [0.717, 1.165) is 11.8 Å². The Balaban J connectivity index is 2.02. The predicted molar refractivity (Wildman–Crippen MR) is 66.7 cm³/mol. The third kappa shape index (κ3) is 2.22. The summed E-state index contributed by atoms with van der Waals surface area (Å²) in [7, 11) is 0. The first kappa shape index (κ1) is 11.5. The quantitative estimate of drug-likeness (QED) is 0.705. The molecule has 0 saturated heterocycles. The molecule has 0 aliphatic rings. The molecule has 0 radical (unpaired) electrons. The van der Waals surface area contributed by atoms with Crippen LogP contribution < -0.4 is 0 Å². The van der Waals surface area contributed by atoms with Gasteiger partial charge in [0.05, 0.1) is 18.1 Å². The average molecular weight is 257 g/mol. The summed E-state index contributed by atoms with van der Waals surface area (Å²) in [6.45, 7) is 0. The van der Waals surface area contributed by atoms with Gasteiger partial charge in [-0.15, -0.1) is 0 Å². The molecule has 3 nitrogen and oxygen atoms in total. The molecular formula is C14H9F2N3. The van der Waals surface area contributed by atoms with Gasteiger partial charge in [0.2, 0.25) is 0 Å². The SMILES string of the molecule is Fc1ccc(-c2ccn(-c3cncnc3)c2)c(F)c1. The van der Waals surface area contributed by atoms with E-state index >= 15 is 0 Å². The van der Waals surface area contributed by atoms with Crippen LogP contribution in [0.3, 0.4) is 0 Å². The molecule has 2 heterocycles. The third-order valence-corrected chi connectivity index (χ3v) is 2.78. The van der Waals surface area contributed by atoms with Gasteiger partial charge in [0.1, 0.15) is 18.0 Å². The molecule has 94 valence electrons. The van der Waals surface area contributed by atoms with Crippen LogP contribution in [0.1, 0.15) is 0 Å². The Labute approximate surface area is 108 Å². The third-order valence-electron chi connectivity index (χ3n) is 2.78. The van der Waals surface area contributed by atoms with E-state index in [4.69, 9.17) is 0 Å². The van der Waals surface area contributed by atoms with E-state index in [2.05, 4.69) is 9.97 Å². The van der Waals surface area contributed by atoms with Crippen molar-refractivity contribution in [1.29, 1.82) is 0 Å². The minimum atomic E-state index is -0.586. The maximum atomic E-state index is 13.7. The second kappa shape index (κ2) is 4.61. The molecule has 19 heavy (non-hydrogen) atoms. The van der Waals surface area contributed by atoms with Crippen LogP contribution in [0, 0.1) is 11.6 Å². The second-order valence-electron chi connectivity index (χ2n) is 4.03. The highest BCUT2D eigenvalue weighted by molar-refractivity contribution is 5.64. The molecular weight excluding hydrogens is 248 g/mol. The van der Waals surface area contributed by atoms with Crippen molar-refractivity contribution >= 4 is 0 Å². The predicted octanol–water partition coefficient (Wildman–Crippen LogP) is 3.21. The van der Waals surface area contributed by atoms with Crippen molar-refractivity contribution in [2.24, 2.45) is 0 Å². The highest BCUT2D eigenvalue weighted by Crippen LogP contribution is 2.24. The van der Waals surface area contributed by atoms with Crippen molar-refractivity contribution in [2.45, 2.75) is 0 Å². The molecule has 0 bridgehead atoms. The number of aromatic nitrogens is 3. The molecule has 0 fully saturated rings. The lowest BCUT2D eigenvalue weighted by Crippen LogP contribution is -1.91. The van der Waals surface area contributed by atoms with Gasteiger partial charge >= 0.3 is 0 Å². The van der Waals surface area contributed by atoms with E-state index in [1.165, 1.54) is 18.5 Å². The highest BCUT2D eigenvalue weighted by Gasteiger charge is 2.08. The summed E-state index contributed by atoms with van der Waals surface area (Å²) in [6, 6.07) is 5.29. The zero-order valence-corrected chi connectivity index (χ0v) is 9.79. The van der Waals surface area contributed by atoms with Gasteiger partial charge in [-0.1, -0.05) is 0 Å². The highest BCUT2D eigenvalue weighted by atomic mass is 19.1. The standard InChI is InChI=1S/C14H9F2N3/c15-11-1-2-13(14(16)5-11)10-3-4-19(8-10)12-6-17-9-18-7-12/h1-9H. The Kier molecular flexibility index (Phi) is 2.79. The molecule has 0 aliphatic heterocycles. The van der Waals surface area contributed by atoms with Crippen molar-refractivity contribution in [3.8, 4) is 16.8 Å². The van der Waals surface area contributed by atoms with E-state index in [9.17, 15) is 8.78 Å².